The second-order valence-corrected chi connectivity index (χ2v) is 31.6. The second-order valence-electron chi connectivity index (χ2n) is 29.9. The summed E-state index contributed by atoms with van der Waals surface area (Å²) in [6.45, 7) is 43.3. The molecule has 0 radical (unpaired) electrons. The van der Waals surface area contributed by atoms with Crippen LogP contribution in [0.2, 0.25) is 0 Å². The number of aryl methyl sites for hydroxylation is 1. The van der Waals surface area contributed by atoms with Crippen LogP contribution in [0.15, 0.2) is 29.2 Å². The van der Waals surface area contributed by atoms with E-state index in [0.29, 0.717) is 581 Å². The third kappa shape index (κ3) is 125. The third-order valence-corrected chi connectivity index (χ3v) is 19.5. The van der Waals surface area contributed by atoms with Crippen molar-refractivity contribution in [3.63, 3.8) is 0 Å². The minimum atomic E-state index is -3.80. The average Bonchev–Trinajstić information content (AvgIpc) is 0.846. The zero-order chi connectivity index (χ0) is 105. The van der Waals surface area contributed by atoms with Crippen LogP contribution in [-0.4, -0.2) is 603 Å². The second kappa shape index (κ2) is 130. The molecule has 0 saturated heterocycles. The molecule has 0 unspecified atom stereocenters. The van der Waals surface area contributed by atoms with Crippen molar-refractivity contribution in [2.75, 3.05) is 595 Å². The molecule has 0 aliphatic carbocycles. The van der Waals surface area contributed by atoms with E-state index in [1.807, 2.05) is 6.92 Å². The van der Waals surface area contributed by atoms with Gasteiger partial charge in [0.2, 0.25) is 7.11 Å². The fraction of sp³-hybridized carbons (Fsp3) is 0.929. The van der Waals surface area contributed by atoms with Gasteiger partial charge >= 0.3 is 0 Å². The van der Waals surface area contributed by atoms with Gasteiger partial charge in [-0.15, -0.1) is 0 Å². The summed E-state index contributed by atoms with van der Waals surface area (Å²) in [5.74, 6) is 0. The van der Waals surface area contributed by atoms with Crippen molar-refractivity contribution in [3.05, 3.63) is 36.9 Å². The van der Waals surface area contributed by atoms with Gasteiger partial charge in [0.15, 0.2) is 0 Å². The Balaban J connectivity index is 1.58. The molecule has 1 aromatic rings. The van der Waals surface area contributed by atoms with E-state index in [1.54, 1.807) is 12.1 Å². The summed E-state index contributed by atoms with van der Waals surface area (Å²) in [6, 6.07) is 6.47. The molecule has 0 spiro atoms. The van der Waals surface area contributed by atoms with Crippen LogP contribution in [-0.2, 0) is 227 Å². The zero-order valence-electron chi connectivity index (χ0n) is 88.7. The normalized spacial score (nSPS) is 12.0. The van der Waals surface area contributed by atoms with Crippen LogP contribution in [0.3, 0.4) is 0 Å². The molecule has 48 nitrogen and oxygen atoms in total. The molecule has 0 atom stereocenters. The van der Waals surface area contributed by atoms with E-state index in [9.17, 15) is 8.42 Å². The number of ether oxygens (including phenoxy) is 45. The minimum absolute atomic E-state index is 0.0728. The summed E-state index contributed by atoms with van der Waals surface area (Å²) in [5.41, 5.74) is 0.967. The predicted octanol–water partition coefficient (Wildman–Crippen LogP) is 2.24. The molecule has 0 aliphatic heterocycles. The number of hydrogen-bond acceptors (Lipinski definition) is 48. The molecule has 0 N–H and O–H groups in total. The molecule has 0 fully saturated rings. The van der Waals surface area contributed by atoms with E-state index in [-0.39, 0.29) is 18.1 Å². The van der Waals surface area contributed by atoms with Crippen molar-refractivity contribution < 1.29 is 226 Å². The van der Waals surface area contributed by atoms with Gasteiger partial charge in [-0.3, -0.25) is 4.18 Å². The lowest BCUT2D eigenvalue weighted by Crippen LogP contribution is -2.16. The van der Waals surface area contributed by atoms with E-state index in [4.69, 9.17) is 213 Å². The predicted molar refractivity (Wildman–Crippen MR) is 532 cm³/mol. The van der Waals surface area contributed by atoms with Gasteiger partial charge in [0.1, 0.15) is 6.61 Å². The highest BCUT2D eigenvalue weighted by atomic mass is 32.2. The molecule has 0 amide bonds. The van der Waals surface area contributed by atoms with Gasteiger partial charge in [-0.1, -0.05) is 17.7 Å². The van der Waals surface area contributed by atoms with Crippen molar-refractivity contribution in [3.8, 4) is 0 Å². The Hall–Kier alpha value is -2.80. The van der Waals surface area contributed by atoms with Gasteiger partial charge in [-0.05, 0) is 19.1 Å². The smallest absolute Gasteiger partial charge is 0.297 e. The molecular weight excluding hydrogens is 1980 g/mol. The monoisotopic (exact) mass is 2170 g/mol. The van der Waals surface area contributed by atoms with Gasteiger partial charge in [0, 0.05) is 0 Å². The molecule has 874 valence electrons. The van der Waals surface area contributed by atoms with Gasteiger partial charge in [0.05, 0.1) is 593 Å². The van der Waals surface area contributed by atoms with Crippen LogP contribution in [0.5, 0.6) is 0 Å². The van der Waals surface area contributed by atoms with Gasteiger partial charge in [-0.2, -0.15) is 13.2 Å². The topological polar surface area (TPSA) is 459 Å². The Morgan fingerprint density at radius 2 is 0.204 bits per heavy atom. The quantitative estimate of drug-likeness (QED) is 0.0512. The molecule has 147 heavy (non-hydrogen) atoms. The summed E-state index contributed by atoms with van der Waals surface area (Å²) < 4.78 is 277. The lowest BCUT2D eigenvalue weighted by Gasteiger charge is -2.09. The summed E-state index contributed by atoms with van der Waals surface area (Å²) in [4.78, 5) is 0.119. The van der Waals surface area contributed by atoms with Gasteiger partial charge in [-0.25, -0.2) is 0 Å². The molecule has 0 heterocycles. The lowest BCUT2D eigenvalue weighted by molar-refractivity contribution is -0.0329. The van der Waals surface area contributed by atoms with Crippen LogP contribution >= 0.6 is 0 Å². The highest BCUT2D eigenvalue weighted by Crippen LogP contribution is 2.13. The van der Waals surface area contributed by atoms with Crippen molar-refractivity contribution in [2.45, 2.75) is 11.8 Å². The number of hydrogen-bond donors (Lipinski definition) is 0. The molecule has 0 saturated carbocycles. The fourth-order valence-corrected chi connectivity index (χ4v) is 11.5. The van der Waals surface area contributed by atoms with E-state index in [1.165, 1.54) is 12.1 Å². The lowest BCUT2D eigenvalue weighted by atomic mass is 10.2. The number of benzene rings is 1. The number of rotatable bonds is 137. The van der Waals surface area contributed by atoms with E-state index >= 15 is 0 Å². The fourth-order valence-electron chi connectivity index (χ4n) is 10.7. The maximum absolute atomic E-state index is 12.2. The molecule has 0 aliphatic rings. The summed E-state index contributed by atoms with van der Waals surface area (Å²) in [7, 11) is -0.516. The standard InChI is InChI=1S/C98H189O48S/c1-97-3-5-98(6-4-97)147(99,100)146-96-95-145-94-93-144-92-91-143-90-89-142-88-87-141-86-85-140-84-83-139-82-81-138-80-79-137-78-77-136-76-75-135-74-73-134-72-71-133-70-69-132-68-67-131-66-65-130-64-63-129-62-61-128-60-59-127-58-57-126-56-55-125-54-53-124-52-51-123-50-49-122-48-47-121-46-45-120-44-43-119-42-41-118-40-39-117-38-37-116-36-35-115-34-33-114-32-31-113-30-29-112-28-27-111-26-25-110-24-23-109-22-21-108-20-19-107-18-17-106-16-15-105-14-13-104-12-11-103-10-9-102-8-7-101-2/h3-6H,2,7-96H2,1H3/q+1. The first kappa shape index (κ1) is 142. The Bertz CT molecular complexity index is 2460. The van der Waals surface area contributed by atoms with Crippen LogP contribution in [0.1, 0.15) is 5.56 Å². The van der Waals surface area contributed by atoms with Crippen molar-refractivity contribution >= 4 is 10.1 Å². The molecule has 1 aromatic carbocycles. The largest absolute Gasteiger partial charge is 0.377 e. The van der Waals surface area contributed by atoms with Crippen LogP contribution in [0, 0.1) is 14.0 Å². The van der Waals surface area contributed by atoms with Crippen molar-refractivity contribution in [2.24, 2.45) is 0 Å². The first-order valence-electron chi connectivity index (χ1n) is 51.8. The SMILES string of the molecule is [CH2+]OCCOCCOCCOCCOCCOCCOCCOCCOCCOCCOCCOCCOCCOCCOCCOCCOCCOCCOCCOCCOCCOCCOCCOCCOCCOCCOCCOCCOCCOCCOCCOCCOCCOCCOCCOCCOCCOCCOCCOCCOCCOCCOCCOCCOCCOS(=O)(=O)c1ccc(C)cc1. The summed E-state index contributed by atoms with van der Waals surface area (Å²) >= 11 is 0. The molecule has 0 aromatic heterocycles. The summed E-state index contributed by atoms with van der Waals surface area (Å²) in [5, 5.41) is 0. The molecule has 0 bridgehead atoms. The van der Waals surface area contributed by atoms with E-state index in [2.05, 4.69) is 11.8 Å². The molecule has 1 rings (SSSR count). The summed E-state index contributed by atoms with van der Waals surface area (Å²) in [6.07, 6.45) is 0. The minimum Gasteiger partial charge on any atom is -0.377 e. The van der Waals surface area contributed by atoms with Gasteiger partial charge in [0.25, 0.3) is 10.1 Å². The third-order valence-electron chi connectivity index (χ3n) is 18.1. The van der Waals surface area contributed by atoms with Crippen molar-refractivity contribution in [1.82, 2.24) is 0 Å². The Kier molecular flexibility index (Phi) is 126. The first-order valence-corrected chi connectivity index (χ1v) is 53.2. The first-order chi connectivity index (χ1) is 73.1. The van der Waals surface area contributed by atoms with Crippen molar-refractivity contribution in [1.29, 1.82) is 0 Å². The van der Waals surface area contributed by atoms with Crippen LogP contribution < -0.4 is 0 Å². The van der Waals surface area contributed by atoms with E-state index in [0.717, 1.165) is 5.56 Å². The highest BCUT2D eigenvalue weighted by Gasteiger charge is 2.15. The molecular formula is C98H189O48S+. The van der Waals surface area contributed by atoms with Crippen LogP contribution in [0.25, 0.3) is 0 Å². The highest BCUT2D eigenvalue weighted by molar-refractivity contribution is 7.86. The Labute approximate surface area is 875 Å². The van der Waals surface area contributed by atoms with Gasteiger partial charge < -0.3 is 208 Å². The maximum atomic E-state index is 12.2. The van der Waals surface area contributed by atoms with E-state index < -0.39 is 10.1 Å². The Morgan fingerprint density at radius 1 is 0.129 bits per heavy atom. The Morgan fingerprint density at radius 3 is 0.286 bits per heavy atom. The zero-order valence-corrected chi connectivity index (χ0v) is 89.5. The maximum Gasteiger partial charge on any atom is 0.297 e. The average molecular weight is 2170 g/mol. The molecule has 49 heteroatoms. The van der Waals surface area contributed by atoms with Crippen LogP contribution in [0.4, 0.5) is 0 Å².